The van der Waals surface area contributed by atoms with Crippen molar-refractivity contribution in [3.05, 3.63) is 77.9 Å². The van der Waals surface area contributed by atoms with Crippen molar-refractivity contribution in [3.63, 3.8) is 0 Å². The number of likely N-dealkylation sites (tertiary alicyclic amines) is 1. The third kappa shape index (κ3) is 9.99. The Labute approximate surface area is 309 Å². The number of hydrogen-bond acceptors (Lipinski definition) is 9. The lowest BCUT2D eigenvalue weighted by molar-refractivity contribution is -0.116. The summed E-state index contributed by atoms with van der Waals surface area (Å²) >= 11 is 0. The van der Waals surface area contributed by atoms with Crippen molar-refractivity contribution < 1.29 is 28.7 Å². The fourth-order valence-corrected chi connectivity index (χ4v) is 6.11. The van der Waals surface area contributed by atoms with Crippen LogP contribution in [0.4, 0.5) is 17.1 Å². The van der Waals surface area contributed by atoms with Gasteiger partial charge in [-0.3, -0.25) is 29.1 Å². The van der Waals surface area contributed by atoms with Crippen molar-refractivity contribution in [2.75, 3.05) is 58.1 Å². The van der Waals surface area contributed by atoms with Crippen LogP contribution in [0.3, 0.4) is 0 Å². The number of benzene rings is 2. The van der Waals surface area contributed by atoms with Gasteiger partial charge < -0.3 is 39.9 Å². The first-order valence-electron chi connectivity index (χ1n) is 17.6. The Kier molecular flexibility index (Phi) is 13.2. The van der Waals surface area contributed by atoms with E-state index in [4.69, 9.17) is 9.47 Å². The van der Waals surface area contributed by atoms with Crippen LogP contribution in [0.15, 0.2) is 65.9 Å². The van der Waals surface area contributed by atoms with E-state index < -0.39 is 0 Å². The van der Waals surface area contributed by atoms with E-state index in [1.807, 2.05) is 44.7 Å². The molecule has 1 aliphatic rings. The van der Waals surface area contributed by atoms with E-state index in [1.165, 1.54) is 7.11 Å². The Morgan fingerprint density at radius 2 is 1.64 bits per heavy atom. The van der Waals surface area contributed by atoms with Crippen LogP contribution in [0.1, 0.15) is 57.0 Å². The molecule has 4 N–H and O–H groups in total. The standard InChI is InChI=1S/C39H48N8O6/c1-40-14-15-41-38(50)33-18-27(23-46(33)3)26-10-12-29(13-11-26)44-39(51)34-20-30(24-47(34)4)43-37(49)9-7-17-53-36-21-32(28(25-48)19-35(36)52-5)42-22-31-8-6-16-45(31)2/h10-13,18-25,31,40H,6-9,14-17H2,1-5H3,(H,41,50)(H,43,49)(H,44,51). The minimum Gasteiger partial charge on any atom is -0.493 e. The number of aromatic nitrogens is 2. The number of aldehydes is 1. The van der Waals surface area contributed by atoms with E-state index in [0.717, 1.165) is 36.8 Å². The lowest BCUT2D eigenvalue weighted by Crippen LogP contribution is -2.31. The molecule has 0 aliphatic carbocycles. The quantitative estimate of drug-likeness (QED) is 0.0696. The highest BCUT2D eigenvalue weighted by Crippen LogP contribution is 2.35. The number of methoxy groups -OCH3 is 1. The monoisotopic (exact) mass is 724 g/mol. The molecule has 3 amide bonds. The Bertz CT molecular complexity index is 1950. The normalized spacial score (nSPS) is 14.3. The number of carbonyl (C=O) groups excluding carboxylic acids is 4. The van der Waals surface area contributed by atoms with Crippen LogP contribution in [0.2, 0.25) is 0 Å². The van der Waals surface area contributed by atoms with Crippen LogP contribution in [-0.2, 0) is 18.9 Å². The lowest BCUT2D eigenvalue weighted by Gasteiger charge is -2.15. The summed E-state index contributed by atoms with van der Waals surface area (Å²) in [5.74, 6) is 0.144. The number of amides is 3. The second-order valence-electron chi connectivity index (χ2n) is 13.0. The van der Waals surface area contributed by atoms with Crippen LogP contribution < -0.4 is 30.7 Å². The smallest absolute Gasteiger partial charge is 0.272 e. The molecule has 4 aromatic rings. The van der Waals surface area contributed by atoms with Gasteiger partial charge in [0.1, 0.15) is 11.4 Å². The van der Waals surface area contributed by atoms with Gasteiger partial charge in [-0.2, -0.15) is 0 Å². The minimum atomic E-state index is -0.331. The number of nitrogens with zero attached hydrogens (tertiary/aromatic N) is 4. The number of aryl methyl sites for hydroxylation is 2. The second-order valence-corrected chi connectivity index (χ2v) is 13.0. The van der Waals surface area contributed by atoms with Crippen LogP contribution in [0.25, 0.3) is 11.1 Å². The molecule has 1 atom stereocenters. The first-order chi connectivity index (χ1) is 25.6. The first kappa shape index (κ1) is 38.5. The number of nitrogens with one attached hydrogen (secondary N) is 4. The summed E-state index contributed by atoms with van der Waals surface area (Å²) in [5.41, 5.74) is 4.71. The minimum absolute atomic E-state index is 0.146. The van der Waals surface area contributed by atoms with Crippen molar-refractivity contribution >= 4 is 47.3 Å². The zero-order valence-electron chi connectivity index (χ0n) is 30.9. The SMILES string of the molecule is CNCCNC(=O)c1cc(-c2ccc(NC(=O)c3cc(NC(=O)CCCOc4cc(N=CC5CCCN5C)c(C=O)cc4OC)cn3C)cc2)cn1C. The zero-order chi connectivity index (χ0) is 37.9. The first-order valence-corrected chi connectivity index (χ1v) is 17.6. The summed E-state index contributed by atoms with van der Waals surface area (Å²) in [4.78, 5) is 57.0. The summed E-state index contributed by atoms with van der Waals surface area (Å²) in [6.07, 6.45) is 8.90. The van der Waals surface area contributed by atoms with Crippen molar-refractivity contribution in [1.29, 1.82) is 0 Å². The van der Waals surface area contributed by atoms with Gasteiger partial charge in [0.05, 0.1) is 25.1 Å². The number of carbonyl (C=O) groups is 4. The van der Waals surface area contributed by atoms with Crippen molar-refractivity contribution in [2.45, 2.75) is 31.7 Å². The van der Waals surface area contributed by atoms with E-state index in [-0.39, 0.29) is 36.8 Å². The Balaban J connectivity index is 1.11. The molecule has 0 bridgehead atoms. The number of anilines is 2. The van der Waals surface area contributed by atoms with Crippen LogP contribution in [0, 0.1) is 0 Å². The lowest BCUT2D eigenvalue weighted by atomic mass is 10.1. The average Bonchev–Trinajstić information content (AvgIpc) is 3.86. The molecule has 0 saturated carbocycles. The molecule has 5 rings (SSSR count). The predicted octanol–water partition coefficient (Wildman–Crippen LogP) is 4.65. The van der Waals surface area contributed by atoms with E-state index >= 15 is 0 Å². The largest absolute Gasteiger partial charge is 0.493 e. The highest BCUT2D eigenvalue weighted by Gasteiger charge is 2.20. The molecule has 0 radical (unpaired) electrons. The van der Waals surface area contributed by atoms with Gasteiger partial charge in [0.25, 0.3) is 11.8 Å². The molecule has 280 valence electrons. The fourth-order valence-electron chi connectivity index (χ4n) is 6.11. The summed E-state index contributed by atoms with van der Waals surface area (Å²) in [5, 5.41) is 11.6. The third-order valence-corrected chi connectivity index (χ3v) is 9.10. The molecular formula is C39H48N8O6. The fraction of sp³-hybridized carbons (Fsp3) is 0.359. The Morgan fingerprint density at radius 3 is 2.34 bits per heavy atom. The number of rotatable bonds is 17. The van der Waals surface area contributed by atoms with Gasteiger partial charge in [-0.25, -0.2) is 0 Å². The molecule has 3 heterocycles. The molecule has 2 aromatic carbocycles. The van der Waals surface area contributed by atoms with Crippen LogP contribution >= 0.6 is 0 Å². The molecule has 1 aliphatic heterocycles. The molecule has 14 heteroatoms. The molecule has 1 fully saturated rings. The summed E-state index contributed by atoms with van der Waals surface area (Å²) < 4.78 is 14.8. The van der Waals surface area contributed by atoms with Gasteiger partial charge in [0, 0.05) is 81.1 Å². The van der Waals surface area contributed by atoms with Gasteiger partial charge in [-0.1, -0.05) is 12.1 Å². The Morgan fingerprint density at radius 1 is 0.887 bits per heavy atom. The van der Waals surface area contributed by atoms with Crippen molar-refractivity contribution in [2.24, 2.45) is 19.1 Å². The average molecular weight is 725 g/mol. The van der Waals surface area contributed by atoms with E-state index in [0.29, 0.717) is 65.0 Å². The summed E-state index contributed by atoms with van der Waals surface area (Å²) in [7, 11) is 8.95. The maximum atomic E-state index is 13.2. The molecular weight excluding hydrogens is 676 g/mol. The highest BCUT2D eigenvalue weighted by atomic mass is 16.5. The van der Waals surface area contributed by atoms with Gasteiger partial charge in [-0.05, 0) is 75.8 Å². The summed E-state index contributed by atoms with van der Waals surface area (Å²) in [6.45, 7) is 2.46. The number of ether oxygens (including phenoxy) is 2. The van der Waals surface area contributed by atoms with E-state index in [2.05, 4.69) is 38.2 Å². The van der Waals surface area contributed by atoms with Gasteiger partial charge in [0.2, 0.25) is 5.91 Å². The van der Waals surface area contributed by atoms with Crippen LogP contribution in [-0.4, -0.2) is 97.7 Å². The number of hydrogen-bond donors (Lipinski definition) is 4. The number of aliphatic imine (C=N–C) groups is 1. The second kappa shape index (κ2) is 18.2. The predicted molar refractivity (Wildman–Crippen MR) is 206 cm³/mol. The van der Waals surface area contributed by atoms with E-state index in [1.54, 1.807) is 52.7 Å². The molecule has 14 nitrogen and oxygen atoms in total. The van der Waals surface area contributed by atoms with Gasteiger partial charge in [-0.15, -0.1) is 0 Å². The summed E-state index contributed by atoms with van der Waals surface area (Å²) in [6, 6.07) is 14.3. The molecule has 0 spiro atoms. The maximum Gasteiger partial charge on any atom is 0.272 e. The highest BCUT2D eigenvalue weighted by molar-refractivity contribution is 6.04. The van der Waals surface area contributed by atoms with Crippen molar-refractivity contribution in [1.82, 2.24) is 24.7 Å². The molecule has 1 unspecified atom stereocenters. The van der Waals surface area contributed by atoms with E-state index in [9.17, 15) is 19.2 Å². The molecule has 1 saturated heterocycles. The van der Waals surface area contributed by atoms with Crippen molar-refractivity contribution in [3.8, 4) is 22.6 Å². The third-order valence-electron chi connectivity index (χ3n) is 9.10. The molecule has 53 heavy (non-hydrogen) atoms. The van der Waals surface area contributed by atoms with Gasteiger partial charge in [0.15, 0.2) is 17.8 Å². The topological polar surface area (TPSA) is 160 Å². The zero-order valence-corrected chi connectivity index (χ0v) is 30.9. The van der Waals surface area contributed by atoms with Gasteiger partial charge >= 0.3 is 0 Å². The molecule has 2 aromatic heterocycles. The number of likely N-dealkylation sites (N-methyl/N-ethyl adjacent to an activating group) is 1. The maximum absolute atomic E-state index is 13.2. The van der Waals surface area contributed by atoms with Crippen LogP contribution in [0.5, 0.6) is 11.5 Å². The Hall–Kier alpha value is -5.73.